The molecule has 0 heterocycles. The van der Waals surface area contributed by atoms with Crippen LogP contribution in [-0.4, -0.2) is 25.3 Å². The standard InChI is InChI=1S/C22H22O5/c1-25-19-13-16(11-12-20(23)24)22(26-2)17-9-6-10-18(21(17)19)27-14-15-7-4-3-5-8-15/h3-10,13H,11-12,14H2,1-2H3,(H,23,24). The lowest BCUT2D eigenvalue weighted by Gasteiger charge is -2.17. The molecule has 0 bridgehead atoms. The van der Waals surface area contributed by atoms with Crippen molar-refractivity contribution in [2.24, 2.45) is 0 Å². The quantitative estimate of drug-likeness (QED) is 0.638. The second-order valence-electron chi connectivity index (χ2n) is 6.12. The van der Waals surface area contributed by atoms with Crippen LogP contribution in [0.2, 0.25) is 0 Å². The Labute approximate surface area is 158 Å². The maximum absolute atomic E-state index is 11.0. The molecule has 0 aliphatic rings. The Kier molecular flexibility index (Phi) is 5.81. The summed E-state index contributed by atoms with van der Waals surface area (Å²) >= 11 is 0. The molecular formula is C22H22O5. The van der Waals surface area contributed by atoms with Gasteiger partial charge >= 0.3 is 5.97 Å². The monoisotopic (exact) mass is 366 g/mol. The van der Waals surface area contributed by atoms with Crippen LogP contribution >= 0.6 is 0 Å². The summed E-state index contributed by atoms with van der Waals surface area (Å²) in [6, 6.07) is 17.5. The summed E-state index contributed by atoms with van der Waals surface area (Å²) in [4.78, 5) is 11.0. The van der Waals surface area contributed by atoms with Gasteiger partial charge in [-0.1, -0.05) is 42.5 Å². The van der Waals surface area contributed by atoms with Gasteiger partial charge in [0.1, 0.15) is 23.9 Å². The Morgan fingerprint density at radius 2 is 1.74 bits per heavy atom. The molecular weight excluding hydrogens is 344 g/mol. The molecule has 0 aliphatic heterocycles. The normalized spacial score (nSPS) is 10.6. The minimum atomic E-state index is -0.851. The van der Waals surface area contributed by atoms with E-state index in [1.165, 1.54) is 0 Å². The molecule has 0 atom stereocenters. The van der Waals surface area contributed by atoms with Crippen LogP contribution in [0, 0.1) is 0 Å². The number of carbonyl (C=O) groups is 1. The number of rotatable bonds is 8. The fraction of sp³-hybridized carbons (Fsp3) is 0.227. The summed E-state index contributed by atoms with van der Waals surface area (Å²) in [6.45, 7) is 0.437. The van der Waals surface area contributed by atoms with Crippen LogP contribution in [0.1, 0.15) is 17.5 Å². The number of carboxylic acid groups (broad SMARTS) is 1. The van der Waals surface area contributed by atoms with E-state index < -0.39 is 5.97 Å². The van der Waals surface area contributed by atoms with E-state index in [0.717, 1.165) is 21.9 Å². The van der Waals surface area contributed by atoms with Crippen molar-refractivity contribution < 1.29 is 24.1 Å². The second kappa shape index (κ2) is 8.45. The Morgan fingerprint density at radius 1 is 0.963 bits per heavy atom. The van der Waals surface area contributed by atoms with Gasteiger partial charge in [-0.05, 0) is 29.7 Å². The molecule has 0 unspecified atom stereocenters. The average Bonchev–Trinajstić information content (AvgIpc) is 2.70. The fourth-order valence-electron chi connectivity index (χ4n) is 3.13. The van der Waals surface area contributed by atoms with Crippen molar-refractivity contribution in [3.05, 3.63) is 65.7 Å². The van der Waals surface area contributed by atoms with Gasteiger partial charge in [-0.25, -0.2) is 0 Å². The molecule has 140 valence electrons. The molecule has 3 aromatic rings. The first-order valence-corrected chi connectivity index (χ1v) is 8.69. The van der Waals surface area contributed by atoms with Crippen LogP contribution in [0.4, 0.5) is 0 Å². The Balaban J connectivity index is 2.04. The van der Waals surface area contributed by atoms with Gasteiger partial charge in [0.15, 0.2) is 0 Å². The summed E-state index contributed by atoms with van der Waals surface area (Å²) in [5.41, 5.74) is 1.86. The third kappa shape index (κ3) is 4.14. The topological polar surface area (TPSA) is 65.0 Å². The third-order valence-corrected chi connectivity index (χ3v) is 4.38. The number of fused-ring (bicyclic) bond motifs is 1. The van der Waals surface area contributed by atoms with Gasteiger partial charge in [-0.15, -0.1) is 0 Å². The number of ether oxygens (including phenoxy) is 3. The first-order valence-electron chi connectivity index (χ1n) is 8.69. The van der Waals surface area contributed by atoms with Crippen LogP contribution in [0.5, 0.6) is 17.2 Å². The summed E-state index contributed by atoms with van der Waals surface area (Å²) < 4.78 is 17.2. The lowest BCUT2D eigenvalue weighted by molar-refractivity contribution is -0.136. The van der Waals surface area contributed by atoms with Crippen molar-refractivity contribution in [1.29, 1.82) is 0 Å². The van der Waals surface area contributed by atoms with Gasteiger partial charge in [0.2, 0.25) is 0 Å². The highest BCUT2D eigenvalue weighted by atomic mass is 16.5. The Bertz CT molecular complexity index is 934. The minimum Gasteiger partial charge on any atom is -0.496 e. The molecule has 27 heavy (non-hydrogen) atoms. The van der Waals surface area contributed by atoms with Gasteiger partial charge in [-0.3, -0.25) is 4.79 Å². The van der Waals surface area contributed by atoms with E-state index in [4.69, 9.17) is 19.3 Å². The molecule has 0 saturated carbocycles. The Morgan fingerprint density at radius 3 is 2.41 bits per heavy atom. The van der Waals surface area contributed by atoms with E-state index in [0.29, 0.717) is 30.3 Å². The van der Waals surface area contributed by atoms with Crippen LogP contribution in [-0.2, 0) is 17.8 Å². The number of carboxylic acids is 1. The van der Waals surface area contributed by atoms with E-state index in [2.05, 4.69) is 0 Å². The number of benzene rings is 3. The molecule has 0 spiro atoms. The zero-order valence-corrected chi connectivity index (χ0v) is 15.4. The fourth-order valence-corrected chi connectivity index (χ4v) is 3.13. The first-order chi connectivity index (χ1) is 13.1. The van der Waals surface area contributed by atoms with Crippen LogP contribution in [0.3, 0.4) is 0 Å². The molecule has 1 N–H and O–H groups in total. The van der Waals surface area contributed by atoms with Crippen molar-refractivity contribution >= 4 is 16.7 Å². The molecule has 0 amide bonds. The van der Waals surface area contributed by atoms with Gasteiger partial charge in [0.05, 0.1) is 19.6 Å². The average molecular weight is 366 g/mol. The van der Waals surface area contributed by atoms with Crippen LogP contribution < -0.4 is 14.2 Å². The highest BCUT2D eigenvalue weighted by molar-refractivity contribution is 5.99. The van der Waals surface area contributed by atoms with Crippen molar-refractivity contribution in [2.75, 3.05) is 14.2 Å². The summed E-state index contributed by atoms with van der Waals surface area (Å²) in [7, 11) is 3.18. The maximum Gasteiger partial charge on any atom is 0.303 e. The van der Waals surface area contributed by atoms with Gasteiger partial charge in [0.25, 0.3) is 0 Å². The van der Waals surface area contributed by atoms with Crippen LogP contribution in [0.15, 0.2) is 54.6 Å². The SMILES string of the molecule is COc1c(CCC(=O)O)cc(OC)c2c(OCc3ccccc3)cccc12. The number of hydrogen-bond acceptors (Lipinski definition) is 4. The highest BCUT2D eigenvalue weighted by Crippen LogP contribution is 2.42. The predicted octanol–water partition coefficient (Wildman–Crippen LogP) is 4.45. The highest BCUT2D eigenvalue weighted by Gasteiger charge is 2.17. The number of methoxy groups -OCH3 is 2. The molecule has 0 saturated heterocycles. The lowest BCUT2D eigenvalue weighted by atomic mass is 10.00. The maximum atomic E-state index is 11.0. The van der Waals surface area contributed by atoms with Crippen molar-refractivity contribution in [3.63, 3.8) is 0 Å². The number of aryl methyl sites for hydroxylation is 1. The van der Waals surface area contributed by atoms with Crippen molar-refractivity contribution in [1.82, 2.24) is 0 Å². The lowest BCUT2D eigenvalue weighted by Crippen LogP contribution is -2.02. The van der Waals surface area contributed by atoms with Gasteiger partial charge < -0.3 is 19.3 Å². The molecule has 0 fully saturated rings. The Hall–Kier alpha value is -3.21. The molecule has 0 aromatic heterocycles. The van der Waals surface area contributed by atoms with Crippen molar-refractivity contribution in [2.45, 2.75) is 19.4 Å². The van der Waals surface area contributed by atoms with Crippen molar-refractivity contribution in [3.8, 4) is 17.2 Å². The van der Waals surface area contributed by atoms with Crippen LogP contribution in [0.25, 0.3) is 10.8 Å². The summed E-state index contributed by atoms with van der Waals surface area (Å²) in [5, 5.41) is 10.7. The van der Waals surface area contributed by atoms with E-state index in [1.54, 1.807) is 14.2 Å². The van der Waals surface area contributed by atoms with E-state index in [9.17, 15) is 4.79 Å². The van der Waals surface area contributed by atoms with Gasteiger partial charge in [0, 0.05) is 11.8 Å². The summed E-state index contributed by atoms with van der Waals surface area (Å²) in [6.07, 6.45) is 0.384. The zero-order chi connectivity index (χ0) is 19.2. The van der Waals surface area contributed by atoms with Gasteiger partial charge in [-0.2, -0.15) is 0 Å². The predicted molar refractivity (Wildman–Crippen MR) is 104 cm³/mol. The molecule has 5 heteroatoms. The molecule has 3 aromatic carbocycles. The van der Waals surface area contributed by atoms with E-state index in [-0.39, 0.29) is 6.42 Å². The van der Waals surface area contributed by atoms with E-state index >= 15 is 0 Å². The smallest absolute Gasteiger partial charge is 0.303 e. The first kappa shape index (κ1) is 18.6. The number of hydrogen-bond donors (Lipinski definition) is 1. The third-order valence-electron chi connectivity index (χ3n) is 4.38. The number of aliphatic carboxylic acids is 1. The summed E-state index contributed by atoms with van der Waals surface area (Å²) in [5.74, 6) is 1.12. The molecule has 0 aliphatic carbocycles. The largest absolute Gasteiger partial charge is 0.496 e. The second-order valence-corrected chi connectivity index (χ2v) is 6.12. The molecule has 0 radical (unpaired) electrons. The minimum absolute atomic E-state index is 0.0230. The zero-order valence-electron chi connectivity index (χ0n) is 15.4. The molecule has 3 rings (SSSR count). The van der Waals surface area contributed by atoms with E-state index in [1.807, 2.05) is 54.6 Å². The molecule has 5 nitrogen and oxygen atoms in total.